The molecule has 4 heteroatoms. The number of hydroxylamine groups is 1. The van der Waals surface area contributed by atoms with Gasteiger partial charge in [-0.05, 0) is 44.4 Å². The number of aryl methyl sites for hydroxylation is 1. The van der Waals surface area contributed by atoms with Crippen molar-refractivity contribution >= 4 is 5.91 Å². The first kappa shape index (κ1) is 12.7. The van der Waals surface area contributed by atoms with Gasteiger partial charge < -0.3 is 5.73 Å². The third kappa shape index (κ3) is 4.00. The molecule has 0 atom stereocenters. The molecule has 0 fully saturated rings. The van der Waals surface area contributed by atoms with Gasteiger partial charge in [0.25, 0.3) is 5.91 Å². The number of nitrogens with one attached hydrogen (secondary N) is 1. The average molecular weight is 222 g/mol. The van der Waals surface area contributed by atoms with E-state index in [1.54, 1.807) is 17.6 Å². The van der Waals surface area contributed by atoms with Gasteiger partial charge >= 0.3 is 0 Å². The number of amides is 1. The first-order chi connectivity index (χ1) is 7.42. The number of carbonyl (C=O) groups excluding carboxylic acids is 1. The third-order valence-corrected chi connectivity index (χ3v) is 2.38. The molecule has 4 nitrogen and oxygen atoms in total. The van der Waals surface area contributed by atoms with E-state index in [1.807, 2.05) is 26.0 Å². The summed E-state index contributed by atoms with van der Waals surface area (Å²) in [6.07, 6.45) is 1.77. The minimum absolute atomic E-state index is 0.179. The maximum atomic E-state index is 11.1. The van der Waals surface area contributed by atoms with Crippen molar-refractivity contribution in [3.63, 3.8) is 0 Å². The van der Waals surface area contributed by atoms with Crippen LogP contribution in [0.2, 0.25) is 0 Å². The highest BCUT2D eigenvalue weighted by Gasteiger charge is 2.10. The van der Waals surface area contributed by atoms with Crippen molar-refractivity contribution in [3.8, 4) is 0 Å². The molecule has 0 aliphatic carbocycles. The Kier molecular flexibility index (Phi) is 4.04. The molecule has 0 heterocycles. The lowest BCUT2D eigenvalue weighted by Gasteiger charge is -2.17. The second kappa shape index (κ2) is 5.09. The van der Waals surface area contributed by atoms with Gasteiger partial charge in [-0.2, -0.15) is 0 Å². The average Bonchev–Trinajstić information content (AvgIpc) is 2.25. The summed E-state index contributed by atoms with van der Waals surface area (Å²) < 4.78 is 0. The topological polar surface area (TPSA) is 75.4 Å². The van der Waals surface area contributed by atoms with Crippen LogP contribution in [0.1, 0.15) is 36.2 Å². The number of benzene rings is 1. The standard InChI is InChI=1S/C12H18N2O2/c1-12(2,13)8-7-9-3-5-10(6-4-9)11(15)14-16/h3-6,16H,7-8,13H2,1-2H3,(H,14,15). The fraction of sp³-hybridized carbons (Fsp3) is 0.417. The number of rotatable bonds is 4. The molecule has 0 unspecified atom stereocenters. The van der Waals surface area contributed by atoms with E-state index in [4.69, 9.17) is 10.9 Å². The van der Waals surface area contributed by atoms with E-state index in [0.717, 1.165) is 18.4 Å². The molecule has 0 saturated heterocycles. The molecule has 1 amide bonds. The van der Waals surface area contributed by atoms with Gasteiger partial charge in [-0.1, -0.05) is 12.1 Å². The van der Waals surface area contributed by atoms with Crippen molar-refractivity contribution in [1.82, 2.24) is 5.48 Å². The van der Waals surface area contributed by atoms with Crippen LogP contribution in [0.25, 0.3) is 0 Å². The molecule has 88 valence electrons. The largest absolute Gasteiger partial charge is 0.326 e. The highest BCUT2D eigenvalue weighted by Crippen LogP contribution is 2.12. The summed E-state index contributed by atoms with van der Waals surface area (Å²) in [7, 11) is 0. The Hall–Kier alpha value is -1.39. The molecular weight excluding hydrogens is 204 g/mol. The fourth-order valence-electron chi connectivity index (χ4n) is 1.35. The van der Waals surface area contributed by atoms with Gasteiger partial charge in [0.2, 0.25) is 0 Å². The van der Waals surface area contributed by atoms with E-state index in [1.165, 1.54) is 0 Å². The van der Waals surface area contributed by atoms with Crippen molar-refractivity contribution in [3.05, 3.63) is 35.4 Å². The van der Waals surface area contributed by atoms with Crippen LogP contribution in [-0.4, -0.2) is 16.7 Å². The van der Waals surface area contributed by atoms with E-state index < -0.39 is 5.91 Å². The summed E-state index contributed by atoms with van der Waals surface area (Å²) >= 11 is 0. The van der Waals surface area contributed by atoms with Crippen LogP contribution in [0.5, 0.6) is 0 Å². The number of hydrogen-bond donors (Lipinski definition) is 3. The molecule has 16 heavy (non-hydrogen) atoms. The molecule has 0 aromatic heterocycles. The molecule has 1 aromatic rings. The Balaban J connectivity index is 2.62. The second-order valence-corrected chi connectivity index (χ2v) is 4.63. The summed E-state index contributed by atoms with van der Waals surface area (Å²) in [4.78, 5) is 11.1. The second-order valence-electron chi connectivity index (χ2n) is 4.63. The highest BCUT2D eigenvalue weighted by atomic mass is 16.5. The highest BCUT2D eigenvalue weighted by molar-refractivity contribution is 5.93. The first-order valence-electron chi connectivity index (χ1n) is 5.24. The lowest BCUT2D eigenvalue weighted by atomic mass is 9.96. The molecule has 0 bridgehead atoms. The van der Waals surface area contributed by atoms with Gasteiger partial charge in [0, 0.05) is 11.1 Å². The molecule has 1 rings (SSSR count). The van der Waals surface area contributed by atoms with Crippen molar-refractivity contribution in [2.24, 2.45) is 5.73 Å². The quantitative estimate of drug-likeness (QED) is 0.533. The number of hydrogen-bond acceptors (Lipinski definition) is 3. The number of nitrogens with two attached hydrogens (primary N) is 1. The Morgan fingerprint density at radius 1 is 1.38 bits per heavy atom. The molecule has 0 aliphatic heterocycles. The Labute approximate surface area is 95.4 Å². The summed E-state index contributed by atoms with van der Waals surface area (Å²) in [5, 5.41) is 8.45. The van der Waals surface area contributed by atoms with Gasteiger partial charge in [0.15, 0.2) is 0 Å². The molecule has 1 aromatic carbocycles. The maximum Gasteiger partial charge on any atom is 0.274 e. The molecule has 0 radical (unpaired) electrons. The van der Waals surface area contributed by atoms with Crippen LogP contribution in [0.15, 0.2) is 24.3 Å². The monoisotopic (exact) mass is 222 g/mol. The molecule has 0 saturated carbocycles. The SMILES string of the molecule is CC(C)(N)CCc1ccc(C(=O)NO)cc1. The van der Waals surface area contributed by atoms with Gasteiger partial charge in [-0.15, -0.1) is 0 Å². The third-order valence-electron chi connectivity index (χ3n) is 2.38. The van der Waals surface area contributed by atoms with Crippen LogP contribution in [0.3, 0.4) is 0 Å². The van der Waals surface area contributed by atoms with Crippen LogP contribution >= 0.6 is 0 Å². The normalized spacial score (nSPS) is 11.2. The van der Waals surface area contributed by atoms with Crippen molar-refractivity contribution in [2.45, 2.75) is 32.2 Å². The van der Waals surface area contributed by atoms with Crippen LogP contribution < -0.4 is 11.2 Å². The molecule has 4 N–H and O–H groups in total. The first-order valence-corrected chi connectivity index (χ1v) is 5.24. The minimum Gasteiger partial charge on any atom is -0.326 e. The maximum absolute atomic E-state index is 11.1. The molecular formula is C12H18N2O2. The van der Waals surface area contributed by atoms with Gasteiger partial charge in [0.1, 0.15) is 0 Å². The van der Waals surface area contributed by atoms with E-state index in [0.29, 0.717) is 5.56 Å². The smallest absolute Gasteiger partial charge is 0.274 e. The van der Waals surface area contributed by atoms with Gasteiger partial charge in [-0.3, -0.25) is 10.0 Å². The predicted octanol–water partition coefficient (Wildman–Crippen LogP) is 1.48. The Bertz CT molecular complexity index is 352. The van der Waals surface area contributed by atoms with Crippen LogP contribution in [-0.2, 0) is 6.42 Å². The van der Waals surface area contributed by atoms with E-state index in [2.05, 4.69) is 0 Å². The van der Waals surface area contributed by atoms with Crippen LogP contribution in [0.4, 0.5) is 0 Å². The van der Waals surface area contributed by atoms with Gasteiger partial charge in [-0.25, -0.2) is 5.48 Å². The lowest BCUT2D eigenvalue weighted by Crippen LogP contribution is -2.32. The zero-order chi connectivity index (χ0) is 12.2. The Morgan fingerprint density at radius 2 is 1.94 bits per heavy atom. The van der Waals surface area contributed by atoms with E-state index in [9.17, 15) is 4.79 Å². The summed E-state index contributed by atoms with van der Waals surface area (Å²) in [6.45, 7) is 3.97. The summed E-state index contributed by atoms with van der Waals surface area (Å²) in [5.41, 5.74) is 8.88. The van der Waals surface area contributed by atoms with Crippen LogP contribution in [0, 0.1) is 0 Å². The summed E-state index contributed by atoms with van der Waals surface area (Å²) in [6, 6.07) is 7.11. The van der Waals surface area contributed by atoms with Gasteiger partial charge in [0.05, 0.1) is 0 Å². The van der Waals surface area contributed by atoms with E-state index in [-0.39, 0.29) is 5.54 Å². The zero-order valence-corrected chi connectivity index (χ0v) is 9.66. The zero-order valence-electron chi connectivity index (χ0n) is 9.66. The summed E-state index contributed by atoms with van der Waals surface area (Å²) in [5.74, 6) is -0.495. The van der Waals surface area contributed by atoms with E-state index >= 15 is 0 Å². The minimum atomic E-state index is -0.495. The fourth-order valence-corrected chi connectivity index (χ4v) is 1.35. The van der Waals surface area contributed by atoms with Crippen molar-refractivity contribution < 1.29 is 10.0 Å². The Morgan fingerprint density at radius 3 is 2.38 bits per heavy atom. The predicted molar refractivity (Wildman–Crippen MR) is 62.3 cm³/mol. The lowest BCUT2D eigenvalue weighted by molar-refractivity contribution is 0.0706. The van der Waals surface area contributed by atoms with Crippen molar-refractivity contribution in [1.29, 1.82) is 0 Å². The number of carbonyl (C=O) groups is 1. The van der Waals surface area contributed by atoms with Crippen molar-refractivity contribution in [2.75, 3.05) is 0 Å². The molecule has 0 aliphatic rings. The molecule has 0 spiro atoms.